The van der Waals surface area contributed by atoms with Gasteiger partial charge in [-0.1, -0.05) is 43.7 Å². The average Bonchev–Trinajstić information content (AvgIpc) is 2.24. The molecule has 1 fully saturated rings. The Morgan fingerprint density at radius 3 is 2.60 bits per heavy atom. The summed E-state index contributed by atoms with van der Waals surface area (Å²) >= 11 is 0. The molecule has 15 heavy (non-hydrogen) atoms. The SMILES string of the molecule is C[C@@H]1CC[C@@H](Cc2ccccc2)[C@H](O)C1. The minimum Gasteiger partial charge on any atom is -0.393 e. The van der Waals surface area contributed by atoms with Crippen molar-refractivity contribution in [2.45, 2.75) is 38.7 Å². The summed E-state index contributed by atoms with van der Waals surface area (Å²) in [5.74, 6) is 1.18. The average molecular weight is 204 g/mol. The molecule has 3 atom stereocenters. The molecule has 0 aliphatic heterocycles. The van der Waals surface area contributed by atoms with Crippen LogP contribution in [0.3, 0.4) is 0 Å². The number of benzene rings is 1. The molecule has 1 aromatic carbocycles. The first kappa shape index (κ1) is 10.7. The van der Waals surface area contributed by atoms with Gasteiger partial charge in [0.15, 0.2) is 0 Å². The van der Waals surface area contributed by atoms with Crippen LogP contribution in [-0.2, 0) is 6.42 Å². The van der Waals surface area contributed by atoms with Crippen molar-refractivity contribution in [3.8, 4) is 0 Å². The second kappa shape index (κ2) is 4.80. The zero-order chi connectivity index (χ0) is 10.7. The van der Waals surface area contributed by atoms with E-state index in [1.54, 1.807) is 0 Å². The number of rotatable bonds is 2. The van der Waals surface area contributed by atoms with Crippen LogP contribution in [-0.4, -0.2) is 11.2 Å². The molecule has 1 aliphatic carbocycles. The summed E-state index contributed by atoms with van der Waals surface area (Å²) < 4.78 is 0. The van der Waals surface area contributed by atoms with Gasteiger partial charge in [0.1, 0.15) is 0 Å². The first-order chi connectivity index (χ1) is 7.25. The van der Waals surface area contributed by atoms with E-state index in [1.165, 1.54) is 18.4 Å². The third-order valence-corrected chi connectivity index (χ3v) is 3.56. The summed E-state index contributed by atoms with van der Waals surface area (Å²) in [6.45, 7) is 2.24. The lowest BCUT2D eigenvalue weighted by Crippen LogP contribution is -2.29. The fourth-order valence-corrected chi connectivity index (χ4v) is 2.57. The van der Waals surface area contributed by atoms with Crippen molar-refractivity contribution in [2.24, 2.45) is 11.8 Å². The summed E-state index contributed by atoms with van der Waals surface area (Å²) in [4.78, 5) is 0. The molecule has 1 N–H and O–H groups in total. The molecule has 1 saturated carbocycles. The second-order valence-electron chi connectivity index (χ2n) is 4.94. The minimum absolute atomic E-state index is 0.0889. The van der Waals surface area contributed by atoms with Gasteiger partial charge in [-0.3, -0.25) is 0 Å². The van der Waals surface area contributed by atoms with E-state index >= 15 is 0 Å². The number of aliphatic hydroxyl groups is 1. The summed E-state index contributed by atoms with van der Waals surface area (Å²) in [5.41, 5.74) is 1.36. The first-order valence-electron chi connectivity index (χ1n) is 5.97. The Bertz CT molecular complexity index is 293. The molecule has 1 nitrogen and oxygen atoms in total. The smallest absolute Gasteiger partial charge is 0.0574 e. The van der Waals surface area contributed by atoms with E-state index in [0.717, 1.165) is 12.8 Å². The molecule has 0 spiro atoms. The van der Waals surface area contributed by atoms with Crippen LogP contribution >= 0.6 is 0 Å². The Morgan fingerprint density at radius 2 is 1.93 bits per heavy atom. The summed E-state index contributed by atoms with van der Waals surface area (Å²) in [6.07, 6.45) is 4.38. The highest BCUT2D eigenvalue weighted by atomic mass is 16.3. The van der Waals surface area contributed by atoms with Crippen LogP contribution in [0.4, 0.5) is 0 Å². The van der Waals surface area contributed by atoms with Crippen LogP contribution in [0.25, 0.3) is 0 Å². The Morgan fingerprint density at radius 1 is 1.20 bits per heavy atom. The molecular weight excluding hydrogens is 184 g/mol. The van der Waals surface area contributed by atoms with Crippen LogP contribution in [0.2, 0.25) is 0 Å². The predicted octanol–water partition coefficient (Wildman–Crippen LogP) is 3.03. The maximum absolute atomic E-state index is 10.0. The molecule has 1 aromatic rings. The molecule has 2 rings (SSSR count). The summed E-state index contributed by atoms with van der Waals surface area (Å²) in [7, 11) is 0. The maximum atomic E-state index is 10.0. The Kier molecular flexibility index (Phi) is 3.42. The highest BCUT2D eigenvalue weighted by Gasteiger charge is 2.26. The fourth-order valence-electron chi connectivity index (χ4n) is 2.57. The highest BCUT2D eigenvalue weighted by Crippen LogP contribution is 2.30. The van der Waals surface area contributed by atoms with Gasteiger partial charge in [-0.05, 0) is 36.7 Å². The van der Waals surface area contributed by atoms with Crippen molar-refractivity contribution in [3.63, 3.8) is 0 Å². The van der Waals surface area contributed by atoms with Gasteiger partial charge in [0, 0.05) is 0 Å². The van der Waals surface area contributed by atoms with Crippen molar-refractivity contribution in [1.29, 1.82) is 0 Å². The third kappa shape index (κ3) is 2.82. The van der Waals surface area contributed by atoms with Crippen LogP contribution in [0.5, 0.6) is 0 Å². The number of hydrogen-bond acceptors (Lipinski definition) is 1. The largest absolute Gasteiger partial charge is 0.393 e. The molecule has 82 valence electrons. The lowest BCUT2D eigenvalue weighted by atomic mass is 9.78. The van der Waals surface area contributed by atoms with E-state index in [9.17, 15) is 5.11 Å². The molecule has 0 bridgehead atoms. The lowest BCUT2D eigenvalue weighted by Gasteiger charge is -2.31. The molecular formula is C14H20O. The highest BCUT2D eigenvalue weighted by molar-refractivity contribution is 5.15. The fraction of sp³-hybridized carbons (Fsp3) is 0.571. The van der Waals surface area contributed by atoms with Crippen molar-refractivity contribution in [3.05, 3.63) is 35.9 Å². The van der Waals surface area contributed by atoms with Gasteiger partial charge in [0.05, 0.1) is 6.10 Å². The molecule has 0 radical (unpaired) electrons. The van der Waals surface area contributed by atoms with Crippen LogP contribution in [0.15, 0.2) is 30.3 Å². The molecule has 1 heteroatoms. The van der Waals surface area contributed by atoms with Gasteiger partial charge in [0.2, 0.25) is 0 Å². The molecule has 0 amide bonds. The maximum Gasteiger partial charge on any atom is 0.0574 e. The van der Waals surface area contributed by atoms with E-state index in [0.29, 0.717) is 11.8 Å². The molecule has 0 heterocycles. The molecule has 0 aromatic heterocycles. The summed E-state index contributed by atoms with van der Waals surface area (Å²) in [6, 6.07) is 10.5. The second-order valence-corrected chi connectivity index (χ2v) is 4.94. The van der Waals surface area contributed by atoms with Gasteiger partial charge < -0.3 is 5.11 Å². The van der Waals surface area contributed by atoms with Crippen LogP contribution in [0, 0.1) is 11.8 Å². The van der Waals surface area contributed by atoms with E-state index in [2.05, 4.69) is 31.2 Å². The zero-order valence-corrected chi connectivity index (χ0v) is 9.39. The van der Waals surface area contributed by atoms with Gasteiger partial charge in [-0.2, -0.15) is 0 Å². The van der Waals surface area contributed by atoms with Crippen molar-refractivity contribution in [1.82, 2.24) is 0 Å². The molecule has 0 saturated heterocycles. The Labute approximate surface area is 92.1 Å². The van der Waals surface area contributed by atoms with Crippen LogP contribution in [0.1, 0.15) is 31.7 Å². The topological polar surface area (TPSA) is 20.2 Å². The quantitative estimate of drug-likeness (QED) is 0.785. The van der Waals surface area contributed by atoms with Gasteiger partial charge in [0.25, 0.3) is 0 Å². The van der Waals surface area contributed by atoms with E-state index in [-0.39, 0.29) is 6.10 Å². The lowest BCUT2D eigenvalue weighted by molar-refractivity contribution is 0.0490. The van der Waals surface area contributed by atoms with Gasteiger partial charge in [-0.15, -0.1) is 0 Å². The van der Waals surface area contributed by atoms with Crippen LogP contribution < -0.4 is 0 Å². The van der Waals surface area contributed by atoms with Crippen molar-refractivity contribution in [2.75, 3.05) is 0 Å². The monoisotopic (exact) mass is 204 g/mol. The van der Waals surface area contributed by atoms with Crippen molar-refractivity contribution < 1.29 is 5.11 Å². The Hall–Kier alpha value is -0.820. The Balaban J connectivity index is 1.95. The zero-order valence-electron chi connectivity index (χ0n) is 9.39. The standard InChI is InChI=1S/C14H20O/c1-11-7-8-13(14(15)9-11)10-12-5-3-2-4-6-12/h2-6,11,13-15H,7-10H2,1H3/t11-,13+,14-/m1/s1. The van der Waals surface area contributed by atoms with E-state index < -0.39 is 0 Å². The molecule has 0 unspecified atom stereocenters. The summed E-state index contributed by atoms with van der Waals surface area (Å²) in [5, 5.41) is 10.0. The van der Waals surface area contributed by atoms with Gasteiger partial charge in [-0.25, -0.2) is 0 Å². The number of hydrogen-bond donors (Lipinski definition) is 1. The van der Waals surface area contributed by atoms with E-state index in [4.69, 9.17) is 0 Å². The minimum atomic E-state index is -0.0889. The first-order valence-corrected chi connectivity index (χ1v) is 5.97. The predicted molar refractivity (Wildman–Crippen MR) is 62.7 cm³/mol. The van der Waals surface area contributed by atoms with E-state index in [1.807, 2.05) is 6.07 Å². The number of aliphatic hydroxyl groups excluding tert-OH is 1. The van der Waals surface area contributed by atoms with Gasteiger partial charge >= 0.3 is 0 Å². The molecule has 1 aliphatic rings. The third-order valence-electron chi connectivity index (χ3n) is 3.56. The normalized spacial score (nSPS) is 31.5. The van der Waals surface area contributed by atoms with Crippen molar-refractivity contribution >= 4 is 0 Å².